The number of rotatable bonds is 2. The van der Waals surface area contributed by atoms with E-state index in [4.69, 9.17) is 0 Å². The Hall–Kier alpha value is 1.40. The molecule has 2 aliphatic rings. The molecule has 0 spiro atoms. The molecule has 0 radical (unpaired) electrons. The van der Waals surface area contributed by atoms with Gasteiger partial charge in [0, 0.05) is 0 Å². The summed E-state index contributed by atoms with van der Waals surface area (Å²) in [6.07, 6.45) is 7.13. The molecule has 0 aromatic heterocycles. The number of allylic oxidation sites excluding steroid dienone is 1. The van der Waals surface area contributed by atoms with E-state index in [1.807, 2.05) is 47.0 Å². The van der Waals surface area contributed by atoms with Gasteiger partial charge < -0.3 is 0 Å². The monoisotopic (exact) mass is 342 g/mol. The fourth-order valence-corrected chi connectivity index (χ4v) is 8.74. The summed E-state index contributed by atoms with van der Waals surface area (Å²) in [6.45, 7) is 0. The Kier molecular flexibility index (Phi) is 5.45. The Morgan fingerprint density at radius 2 is 1.53 bits per heavy atom. The van der Waals surface area contributed by atoms with Crippen molar-refractivity contribution >= 4 is 62.0 Å². The first-order valence-corrected chi connectivity index (χ1v) is 11.3. The first-order chi connectivity index (χ1) is 7.35. The zero-order valence-corrected chi connectivity index (χ0v) is 13.8. The third-order valence-corrected chi connectivity index (χ3v) is 9.75. The zero-order valence-electron chi connectivity index (χ0n) is 8.87. The zero-order chi connectivity index (χ0) is 10.7. The molecule has 1 saturated heterocycles. The predicted octanol–water partition coefficient (Wildman–Crippen LogP) is 4.87. The van der Waals surface area contributed by atoms with Crippen molar-refractivity contribution in [2.24, 2.45) is 0 Å². The maximum absolute atomic E-state index is 2.19. The summed E-state index contributed by atoms with van der Waals surface area (Å²) in [5.74, 6) is 0. The first kappa shape index (κ1) is 12.8. The minimum atomic E-state index is 0.941. The summed E-state index contributed by atoms with van der Waals surface area (Å²) >= 11 is 8.79. The van der Waals surface area contributed by atoms with E-state index in [9.17, 15) is 0 Å². The van der Waals surface area contributed by atoms with Crippen molar-refractivity contribution in [3.05, 3.63) is 18.3 Å². The predicted molar refractivity (Wildman–Crippen MR) is 80.9 cm³/mol. The molecule has 0 N–H and O–H groups in total. The average Bonchev–Trinajstić information content (AvgIpc) is 2.73. The van der Waals surface area contributed by atoms with E-state index < -0.39 is 0 Å². The van der Waals surface area contributed by atoms with Gasteiger partial charge in [-0.2, -0.15) is 0 Å². The SMILES string of the molecule is CSC1=C(SC)SC(=C2CC[Se]CC2)S1. The van der Waals surface area contributed by atoms with Crippen LogP contribution in [-0.2, 0) is 0 Å². The van der Waals surface area contributed by atoms with Gasteiger partial charge in [0.05, 0.1) is 0 Å². The van der Waals surface area contributed by atoms with Crippen molar-refractivity contribution in [2.45, 2.75) is 23.5 Å². The van der Waals surface area contributed by atoms with Gasteiger partial charge in [-0.3, -0.25) is 0 Å². The summed E-state index contributed by atoms with van der Waals surface area (Å²) in [4.78, 5) is 0. The topological polar surface area (TPSA) is 0 Å². The van der Waals surface area contributed by atoms with Gasteiger partial charge in [-0.1, -0.05) is 0 Å². The molecular weight excluding hydrogens is 327 g/mol. The van der Waals surface area contributed by atoms with Crippen LogP contribution in [0.5, 0.6) is 0 Å². The first-order valence-electron chi connectivity index (χ1n) is 4.83. The van der Waals surface area contributed by atoms with Gasteiger partial charge in [0.25, 0.3) is 0 Å². The van der Waals surface area contributed by atoms with Crippen molar-refractivity contribution in [2.75, 3.05) is 12.5 Å². The molecule has 0 aliphatic carbocycles. The third kappa shape index (κ3) is 3.20. The van der Waals surface area contributed by atoms with Gasteiger partial charge in [-0.05, 0) is 0 Å². The second-order valence-corrected chi connectivity index (χ2v) is 10.2. The van der Waals surface area contributed by atoms with E-state index in [1.165, 1.54) is 32.0 Å². The fourth-order valence-electron chi connectivity index (χ4n) is 1.49. The second-order valence-electron chi connectivity index (χ2n) is 3.19. The summed E-state index contributed by atoms with van der Waals surface area (Å²) in [5.41, 5.74) is 1.74. The fraction of sp³-hybridized carbons (Fsp3) is 0.600. The van der Waals surface area contributed by atoms with Crippen LogP contribution in [0.25, 0.3) is 0 Å². The number of hydrogen-bond donors (Lipinski definition) is 0. The molecule has 0 aromatic rings. The molecule has 2 rings (SSSR count). The van der Waals surface area contributed by atoms with Gasteiger partial charge in [-0.25, -0.2) is 0 Å². The molecule has 15 heavy (non-hydrogen) atoms. The van der Waals surface area contributed by atoms with Crippen molar-refractivity contribution in [3.63, 3.8) is 0 Å². The van der Waals surface area contributed by atoms with Gasteiger partial charge in [0.2, 0.25) is 0 Å². The Bertz CT molecular complexity index is 283. The summed E-state index contributed by atoms with van der Waals surface area (Å²) in [7, 11) is 0. The van der Waals surface area contributed by atoms with E-state index in [1.54, 1.807) is 9.81 Å². The van der Waals surface area contributed by atoms with Crippen LogP contribution in [-0.4, -0.2) is 27.5 Å². The van der Waals surface area contributed by atoms with Crippen molar-refractivity contribution in [1.82, 2.24) is 0 Å². The standard InChI is InChI=1S/C10H14S4Se/c1-11-9-10(12-2)14-8(13-9)7-3-5-15-6-4-7/h3-6H2,1-2H3. The van der Waals surface area contributed by atoms with Crippen molar-refractivity contribution in [1.29, 1.82) is 0 Å². The van der Waals surface area contributed by atoms with Crippen LogP contribution in [0.3, 0.4) is 0 Å². The van der Waals surface area contributed by atoms with Crippen LogP contribution in [0.2, 0.25) is 10.6 Å². The molecule has 0 bridgehead atoms. The van der Waals surface area contributed by atoms with Gasteiger partial charge in [0.1, 0.15) is 0 Å². The van der Waals surface area contributed by atoms with E-state index in [2.05, 4.69) is 12.5 Å². The van der Waals surface area contributed by atoms with Crippen LogP contribution in [0, 0.1) is 0 Å². The average molecular weight is 341 g/mol. The molecule has 0 saturated carbocycles. The summed E-state index contributed by atoms with van der Waals surface area (Å²) in [5, 5.41) is 2.94. The molecular formula is C10H14S4Se. The molecule has 0 nitrogen and oxygen atoms in total. The summed E-state index contributed by atoms with van der Waals surface area (Å²) < 4.78 is 4.65. The van der Waals surface area contributed by atoms with E-state index in [0.717, 1.165) is 15.0 Å². The molecule has 2 aliphatic heterocycles. The molecule has 2 heterocycles. The van der Waals surface area contributed by atoms with Gasteiger partial charge >= 0.3 is 116 Å². The van der Waals surface area contributed by atoms with Crippen LogP contribution in [0.4, 0.5) is 0 Å². The van der Waals surface area contributed by atoms with Crippen LogP contribution in [0.1, 0.15) is 12.8 Å². The van der Waals surface area contributed by atoms with Gasteiger partial charge in [0.15, 0.2) is 0 Å². The van der Waals surface area contributed by atoms with Crippen LogP contribution < -0.4 is 0 Å². The molecule has 5 heteroatoms. The van der Waals surface area contributed by atoms with Crippen LogP contribution >= 0.6 is 47.0 Å². The van der Waals surface area contributed by atoms with E-state index in [-0.39, 0.29) is 0 Å². The normalized spacial score (nSPS) is 22.8. The molecule has 0 atom stereocenters. The Morgan fingerprint density at radius 3 is 2.00 bits per heavy atom. The van der Waals surface area contributed by atoms with Crippen LogP contribution in [0.15, 0.2) is 18.3 Å². The van der Waals surface area contributed by atoms with Gasteiger partial charge in [-0.15, -0.1) is 0 Å². The minimum absolute atomic E-state index is 0.941. The second kappa shape index (κ2) is 6.36. The van der Waals surface area contributed by atoms with E-state index >= 15 is 0 Å². The Balaban J connectivity index is 2.10. The molecule has 0 amide bonds. The van der Waals surface area contributed by atoms with E-state index in [0.29, 0.717) is 0 Å². The molecule has 0 aromatic carbocycles. The molecule has 1 fully saturated rings. The maximum atomic E-state index is 2.19. The van der Waals surface area contributed by atoms with Crippen molar-refractivity contribution in [3.8, 4) is 0 Å². The molecule has 84 valence electrons. The number of hydrogen-bond acceptors (Lipinski definition) is 4. The summed E-state index contributed by atoms with van der Waals surface area (Å²) in [6, 6.07) is 0. The quantitative estimate of drug-likeness (QED) is 0.657. The Labute approximate surface area is 115 Å². The third-order valence-electron chi connectivity index (χ3n) is 2.29. The number of thioether (sulfide) groups is 4. The van der Waals surface area contributed by atoms with Crippen molar-refractivity contribution < 1.29 is 0 Å². The Morgan fingerprint density at radius 1 is 1.00 bits per heavy atom. The molecule has 0 unspecified atom stereocenters.